The fourth-order valence-corrected chi connectivity index (χ4v) is 3.04. The van der Waals surface area contributed by atoms with Crippen LogP contribution in [0.15, 0.2) is 23.4 Å². The van der Waals surface area contributed by atoms with Crippen LogP contribution in [-0.2, 0) is 11.3 Å². The van der Waals surface area contributed by atoms with Gasteiger partial charge >= 0.3 is 5.97 Å². The molecule has 0 unspecified atom stereocenters. The summed E-state index contributed by atoms with van der Waals surface area (Å²) in [6.07, 6.45) is 2.08. The maximum absolute atomic E-state index is 13.3. The topological polar surface area (TPSA) is 55.1 Å². The van der Waals surface area contributed by atoms with Crippen molar-refractivity contribution in [2.45, 2.75) is 38.4 Å². The first kappa shape index (κ1) is 15.8. The van der Waals surface area contributed by atoms with Crippen molar-refractivity contribution in [1.82, 2.24) is 9.55 Å². The van der Waals surface area contributed by atoms with E-state index in [2.05, 4.69) is 18.8 Å². The first-order chi connectivity index (χ1) is 10.0. The number of carbonyl (C=O) groups is 1. The first-order valence-electron chi connectivity index (χ1n) is 7.05. The molecule has 4 nitrogen and oxygen atoms in total. The number of fused-ring (bicyclic) bond motifs is 1. The molecule has 0 amide bonds. The summed E-state index contributed by atoms with van der Waals surface area (Å²) in [6, 6.07) is 4.52. The largest absolute Gasteiger partial charge is 0.481 e. The molecule has 0 bridgehead atoms. The third-order valence-electron chi connectivity index (χ3n) is 3.60. The highest BCUT2D eigenvalue weighted by Gasteiger charge is 2.16. The fourth-order valence-electron chi connectivity index (χ4n) is 2.30. The van der Waals surface area contributed by atoms with Crippen molar-refractivity contribution in [3.63, 3.8) is 0 Å². The third-order valence-corrected chi connectivity index (χ3v) is 4.56. The van der Waals surface area contributed by atoms with E-state index in [0.29, 0.717) is 16.6 Å². The smallest absolute Gasteiger partial charge is 0.313 e. The van der Waals surface area contributed by atoms with Crippen LogP contribution in [-0.4, -0.2) is 26.4 Å². The Morgan fingerprint density at radius 1 is 1.43 bits per heavy atom. The highest BCUT2D eigenvalue weighted by atomic mass is 32.2. The van der Waals surface area contributed by atoms with Crippen LogP contribution in [0.2, 0.25) is 0 Å². The van der Waals surface area contributed by atoms with Gasteiger partial charge in [-0.2, -0.15) is 0 Å². The molecule has 21 heavy (non-hydrogen) atoms. The summed E-state index contributed by atoms with van der Waals surface area (Å²) >= 11 is 1.18. The average molecular weight is 310 g/mol. The van der Waals surface area contributed by atoms with Crippen molar-refractivity contribution in [2.75, 3.05) is 5.75 Å². The van der Waals surface area contributed by atoms with Crippen molar-refractivity contribution in [1.29, 1.82) is 0 Å². The molecule has 6 heteroatoms. The predicted octanol–water partition coefficient (Wildman–Crippen LogP) is 3.79. The van der Waals surface area contributed by atoms with Gasteiger partial charge in [-0.3, -0.25) is 4.79 Å². The molecule has 0 fully saturated rings. The standard InChI is InChI=1S/C15H19FN2O2S/c1-3-10(4-2)8-18-13-6-5-11(16)7-12(13)17-15(18)21-9-14(19)20/h5-7,10H,3-4,8-9H2,1-2H3,(H,19,20). The molecule has 0 saturated carbocycles. The lowest BCUT2D eigenvalue weighted by Crippen LogP contribution is -2.11. The minimum Gasteiger partial charge on any atom is -0.481 e. The number of hydrogen-bond acceptors (Lipinski definition) is 3. The number of carboxylic acid groups (broad SMARTS) is 1. The van der Waals surface area contributed by atoms with Crippen LogP contribution in [0.3, 0.4) is 0 Å². The van der Waals surface area contributed by atoms with Gasteiger partial charge in [-0.15, -0.1) is 0 Å². The number of carboxylic acids is 1. The lowest BCUT2D eigenvalue weighted by Gasteiger charge is -2.15. The van der Waals surface area contributed by atoms with Gasteiger partial charge in [-0.25, -0.2) is 9.37 Å². The Labute approximate surface area is 127 Å². The number of rotatable bonds is 7. The van der Waals surface area contributed by atoms with E-state index in [0.717, 1.165) is 24.9 Å². The minimum absolute atomic E-state index is 0.0469. The first-order valence-corrected chi connectivity index (χ1v) is 8.04. The molecule has 1 N–H and O–H groups in total. The minimum atomic E-state index is -0.882. The normalized spacial score (nSPS) is 11.4. The number of aromatic nitrogens is 2. The van der Waals surface area contributed by atoms with Gasteiger partial charge in [0.2, 0.25) is 0 Å². The van der Waals surface area contributed by atoms with Gasteiger partial charge < -0.3 is 9.67 Å². The molecule has 1 aromatic carbocycles. The maximum Gasteiger partial charge on any atom is 0.313 e. The maximum atomic E-state index is 13.3. The Morgan fingerprint density at radius 3 is 2.76 bits per heavy atom. The van der Waals surface area contributed by atoms with Crippen LogP contribution < -0.4 is 0 Å². The van der Waals surface area contributed by atoms with Gasteiger partial charge in [-0.1, -0.05) is 38.5 Å². The van der Waals surface area contributed by atoms with Crippen molar-refractivity contribution in [2.24, 2.45) is 5.92 Å². The second-order valence-corrected chi connectivity index (χ2v) is 5.95. The summed E-state index contributed by atoms with van der Waals surface area (Å²) in [7, 11) is 0. The summed E-state index contributed by atoms with van der Waals surface area (Å²) in [5.41, 5.74) is 1.44. The molecule has 0 aliphatic carbocycles. The molecule has 0 radical (unpaired) electrons. The van der Waals surface area contributed by atoms with E-state index in [4.69, 9.17) is 5.11 Å². The Bertz CT molecular complexity index is 638. The number of benzene rings is 1. The second kappa shape index (κ2) is 6.93. The molecule has 0 spiro atoms. The second-order valence-electron chi connectivity index (χ2n) is 5.00. The summed E-state index contributed by atoms with van der Waals surface area (Å²) in [4.78, 5) is 15.2. The van der Waals surface area contributed by atoms with Crippen LogP contribution in [0, 0.1) is 11.7 Å². The van der Waals surface area contributed by atoms with Crippen LogP contribution >= 0.6 is 11.8 Å². The summed E-state index contributed by atoms with van der Waals surface area (Å²) < 4.78 is 15.4. The van der Waals surface area contributed by atoms with E-state index >= 15 is 0 Å². The highest BCUT2D eigenvalue weighted by Crippen LogP contribution is 2.27. The Balaban J connectivity index is 2.41. The van der Waals surface area contributed by atoms with Crippen molar-refractivity contribution >= 4 is 28.8 Å². The zero-order chi connectivity index (χ0) is 15.4. The van der Waals surface area contributed by atoms with Crippen LogP contribution in [0.1, 0.15) is 26.7 Å². The van der Waals surface area contributed by atoms with E-state index in [1.165, 1.54) is 23.9 Å². The monoisotopic (exact) mass is 310 g/mol. The number of hydrogen-bond donors (Lipinski definition) is 1. The van der Waals surface area contributed by atoms with E-state index in [1.54, 1.807) is 6.07 Å². The Hall–Kier alpha value is -1.56. The van der Waals surface area contributed by atoms with Gasteiger partial charge in [0.15, 0.2) is 5.16 Å². The molecule has 0 atom stereocenters. The zero-order valence-electron chi connectivity index (χ0n) is 12.2. The van der Waals surface area contributed by atoms with Gasteiger partial charge in [0.05, 0.1) is 16.8 Å². The highest BCUT2D eigenvalue weighted by molar-refractivity contribution is 7.99. The molecule has 2 rings (SSSR count). The van der Waals surface area contributed by atoms with E-state index < -0.39 is 5.97 Å². The quantitative estimate of drug-likeness (QED) is 0.791. The average Bonchev–Trinajstić information content (AvgIpc) is 2.79. The van der Waals surface area contributed by atoms with Gasteiger partial charge in [0.1, 0.15) is 5.82 Å². The summed E-state index contributed by atoms with van der Waals surface area (Å²) in [5.74, 6) is -0.761. The van der Waals surface area contributed by atoms with Gasteiger partial charge in [-0.05, 0) is 18.1 Å². The van der Waals surface area contributed by atoms with Gasteiger partial charge in [0, 0.05) is 12.6 Å². The van der Waals surface area contributed by atoms with Crippen LogP contribution in [0.25, 0.3) is 11.0 Å². The molecule has 0 aliphatic rings. The molecule has 1 aromatic heterocycles. The lowest BCUT2D eigenvalue weighted by atomic mass is 10.0. The molecule has 0 saturated heterocycles. The number of aliphatic carboxylic acids is 1. The van der Waals surface area contributed by atoms with E-state index in [9.17, 15) is 9.18 Å². The molecule has 0 aliphatic heterocycles. The SMILES string of the molecule is CCC(CC)Cn1c(SCC(=O)O)nc2cc(F)ccc21. The molecular weight excluding hydrogens is 291 g/mol. The Morgan fingerprint density at radius 2 is 2.14 bits per heavy atom. The molecular formula is C15H19FN2O2S. The fraction of sp³-hybridized carbons (Fsp3) is 0.467. The van der Waals surface area contributed by atoms with Crippen molar-refractivity contribution in [3.8, 4) is 0 Å². The van der Waals surface area contributed by atoms with Gasteiger partial charge in [0.25, 0.3) is 0 Å². The number of imidazole rings is 1. The van der Waals surface area contributed by atoms with Crippen LogP contribution in [0.4, 0.5) is 4.39 Å². The van der Waals surface area contributed by atoms with Crippen molar-refractivity contribution in [3.05, 3.63) is 24.0 Å². The zero-order valence-corrected chi connectivity index (χ0v) is 13.0. The van der Waals surface area contributed by atoms with E-state index in [1.807, 2.05) is 4.57 Å². The third kappa shape index (κ3) is 3.75. The number of nitrogens with zero attached hydrogens (tertiary/aromatic N) is 2. The number of halogens is 1. The molecule has 1 heterocycles. The predicted molar refractivity (Wildman–Crippen MR) is 82.1 cm³/mol. The summed E-state index contributed by atoms with van der Waals surface area (Å²) in [6.45, 7) is 5.05. The van der Waals surface area contributed by atoms with E-state index in [-0.39, 0.29) is 11.6 Å². The lowest BCUT2D eigenvalue weighted by molar-refractivity contribution is -0.133. The van der Waals surface area contributed by atoms with Crippen LogP contribution in [0.5, 0.6) is 0 Å². The van der Waals surface area contributed by atoms with Crippen molar-refractivity contribution < 1.29 is 14.3 Å². The number of thioether (sulfide) groups is 1. The molecule has 114 valence electrons. The summed E-state index contributed by atoms with van der Waals surface area (Å²) in [5, 5.41) is 9.48. The molecule has 2 aromatic rings. The Kier molecular flexibility index (Phi) is 5.22.